The average molecular weight is 337 g/mol. The van der Waals surface area contributed by atoms with E-state index >= 15 is 0 Å². The summed E-state index contributed by atoms with van der Waals surface area (Å²) in [6, 6.07) is 26.7. The Morgan fingerprint density at radius 1 is 0.833 bits per heavy atom. The van der Waals surface area contributed by atoms with Gasteiger partial charge in [0, 0.05) is 0 Å². The lowest BCUT2D eigenvalue weighted by atomic mass is 10.2. The van der Waals surface area contributed by atoms with Crippen molar-refractivity contribution in [3.8, 4) is 0 Å². The molecule has 3 rings (SSSR count). The summed E-state index contributed by atoms with van der Waals surface area (Å²) in [6.45, 7) is 0.557. The van der Waals surface area contributed by atoms with Crippen molar-refractivity contribution in [1.82, 2.24) is 5.43 Å². The molecule has 0 saturated carbocycles. The van der Waals surface area contributed by atoms with Gasteiger partial charge in [-0.15, -0.1) is 0 Å². The highest BCUT2D eigenvalue weighted by Crippen LogP contribution is 2.18. The molecule has 1 N–H and O–H groups in total. The molecule has 0 heterocycles. The Bertz CT molecular complexity index is 806. The molecule has 3 aromatic carbocycles. The maximum absolute atomic E-state index is 12.6. The predicted octanol–water partition coefficient (Wildman–Crippen LogP) is 4.69. The van der Waals surface area contributed by atoms with Crippen molar-refractivity contribution in [2.75, 3.05) is 5.01 Å². The van der Waals surface area contributed by atoms with Crippen LogP contribution in [0.5, 0.6) is 0 Å². The number of amides is 1. The molecule has 0 atom stereocenters. The van der Waals surface area contributed by atoms with Crippen molar-refractivity contribution in [2.45, 2.75) is 6.54 Å². The zero-order valence-electron chi connectivity index (χ0n) is 13.0. The topological polar surface area (TPSA) is 32.3 Å². The molecule has 3 aromatic rings. The average Bonchev–Trinajstić information content (AvgIpc) is 2.63. The van der Waals surface area contributed by atoms with Crippen LogP contribution < -0.4 is 10.4 Å². The second-order valence-electron chi connectivity index (χ2n) is 5.33. The molecule has 24 heavy (non-hydrogen) atoms. The first-order chi connectivity index (χ1) is 11.7. The molecule has 0 unspecified atom stereocenters. The van der Waals surface area contributed by atoms with Gasteiger partial charge in [0.2, 0.25) is 0 Å². The summed E-state index contributed by atoms with van der Waals surface area (Å²) in [5, 5.41) is 2.25. The Kier molecular flexibility index (Phi) is 5.14. The van der Waals surface area contributed by atoms with Gasteiger partial charge in [0.25, 0.3) is 5.91 Å². The molecule has 0 bridgehead atoms. The third-order valence-corrected chi connectivity index (χ3v) is 3.94. The van der Waals surface area contributed by atoms with Gasteiger partial charge in [-0.3, -0.25) is 15.2 Å². The number of carbonyl (C=O) groups excluding carboxylic acids is 1. The Morgan fingerprint density at radius 2 is 1.42 bits per heavy atom. The molecular formula is C20H17ClN2O. The number of nitrogens with zero attached hydrogens (tertiary/aromatic N) is 1. The van der Waals surface area contributed by atoms with E-state index in [0.717, 1.165) is 11.3 Å². The van der Waals surface area contributed by atoms with Gasteiger partial charge in [-0.05, 0) is 29.8 Å². The lowest BCUT2D eigenvalue weighted by molar-refractivity contribution is 0.0948. The van der Waals surface area contributed by atoms with E-state index in [0.29, 0.717) is 17.1 Å². The lowest BCUT2D eigenvalue weighted by Gasteiger charge is -2.25. The van der Waals surface area contributed by atoms with Crippen molar-refractivity contribution in [1.29, 1.82) is 0 Å². The van der Waals surface area contributed by atoms with Crippen molar-refractivity contribution in [3.05, 3.63) is 101 Å². The number of anilines is 1. The van der Waals surface area contributed by atoms with E-state index in [1.165, 1.54) is 0 Å². The number of hydrogen-bond donors (Lipinski definition) is 1. The second kappa shape index (κ2) is 7.66. The van der Waals surface area contributed by atoms with Crippen LogP contribution in [0, 0.1) is 0 Å². The molecule has 0 fully saturated rings. The summed E-state index contributed by atoms with van der Waals surface area (Å²) in [6.07, 6.45) is 0. The van der Waals surface area contributed by atoms with E-state index in [1.54, 1.807) is 24.3 Å². The zero-order chi connectivity index (χ0) is 16.8. The first-order valence-electron chi connectivity index (χ1n) is 7.66. The highest BCUT2D eigenvalue weighted by atomic mass is 35.5. The minimum atomic E-state index is -0.236. The number of rotatable bonds is 5. The minimum Gasteiger partial charge on any atom is -0.281 e. The van der Waals surface area contributed by atoms with Gasteiger partial charge in [0.05, 0.1) is 22.8 Å². The summed E-state index contributed by atoms with van der Waals surface area (Å²) in [7, 11) is 0. The number of hydrazine groups is 1. The van der Waals surface area contributed by atoms with Crippen LogP contribution in [0.1, 0.15) is 15.9 Å². The third-order valence-electron chi connectivity index (χ3n) is 3.61. The zero-order valence-corrected chi connectivity index (χ0v) is 13.8. The van der Waals surface area contributed by atoms with Gasteiger partial charge >= 0.3 is 0 Å². The van der Waals surface area contributed by atoms with Crippen molar-refractivity contribution in [3.63, 3.8) is 0 Å². The van der Waals surface area contributed by atoms with Gasteiger partial charge < -0.3 is 0 Å². The summed E-state index contributed by atoms with van der Waals surface area (Å²) in [5.74, 6) is -0.236. The molecule has 0 aliphatic heterocycles. The molecule has 4 heteroatoms. The van der Waals surface area contributed by atoms with Crippen LogP contribution in [-0.4, -0.2) is 5.91 Å². The summed E-state index contributed by atoms with van der Waals surface area (Å²) in [5.41, 5.74) is 5.40. The van der Waals surface area contributed by atoms with Crippen LogP contribution in [-0.2, 0) is 6.54 Å². The fourth-order valence-electron chi connectivity index (χ4n) is 2.40. The Hall–Kier alpha value is -2.78. The highest BCUT2D eigenvalue weighted by Gasteiger charge is 2.14. The standard InChI is InChI=1S/C20H17ClN2O/c21-19-14-8-7-13-18(19)20(24)22-23(17-11-5-2-6-12-17)15-16-9-3-1-4-10-16/h1-14H,15H2,(H,22,24). The van der Waals surface area contributed by atoms with Crippen LogP contribution in [0.25, 0.3) is 0 Å². The number of carbonyl (C=O) groups is 1. The fraction of sp³-hybridized carbons (Fsp3) is 0.0500. The molecular weight excluding hydrogens is 320 g/mol. The largest absolute Gasteiger partial charge is 0.281 e. The Balaban J connectivity index is 1.85. The predicted molar refractivity (Wildman–Crippen MR) is 98.0 cm³/mol. The highest BCUT2D eigenvalue weighted by molar-refractivity contribution is 6.33. The van der Waals surface area contributed by atoms with E-state index in [4.69, 9.17) is 11.6 Å². The number of para-hydroxylation sites is 1. The van der Waals surface area contributed by atoms with E-state index in [2.05, 4.69) is 5.43 Å². The third kappa shape index (κ3) is 3.94. The van der Waals surface area contributed by atoms with Gasteiger partial charge in [0.15, 0.2) is 0 Å². The fourth-order valence-corrected chi connectivity index (χ4v) is 2.62. The van der Waals surface area contributed by atoms with Crippen LogP contribution in [0.2, 0.25) is 5.02 Å². The SMILES string of the molecule is O=C(NN(Cc1ccccc1)c1ccccc1)c1ccccc1Cl. The van der Waals surface area contributed by atoms with Crippen LogP contribution in [0.15, 0.2) is 84.9 Å². The summed E-state index contributed by atoms with van der Waals surface area (Å²) >= 11 is 6.13. The first-order valence-corrected chi connectivity index (χ1v) is 8.04. The normalized spacial score (nSPS) is 10.2. The van der Waals surface area contributed by atoms with Gasteiger partial charge in [-0.1, -0.05) is 72.3 Å². The molecule has 0 aliphatic rings. The first kappa shape index (κ1) is 16.1. The quantitative estimate of drug-likeness (QED) is 0.685. The molecule has 120 valence electrons. The molecule has 3 nitrogen and oxygen atoms in total. The van der Waals surface area contributed by atoms with Crippen LogP contribution in [0.3, 0.4) is 0 Å². The van der Waals surface area contributed by atoms with E-state index in [9.17, 15) is 4.79 Å². The Morgan fingerprint density at radius 3 is 2.08 bits per heavy atom. The summed E-state index contributed by atoms with van der Waals surface area (Å²) < 4.78 is 0. The van der Waals surface area contributed by atoms with Gasteiger partial charge in [-0.25, -0.2) is 0 Å². The molecule has 1 amide bonds. The van der Waals surface area contributed by atoms with Gasteiger partial charge in [0.1, 0.15) is 0 Å². The number of hydrogen-bond acceptors (Lipinski definition) is 2. The molecule has 0 aliphatic carbocycles. The Labute approximate surface area is 146 Å². The number of benzene rings is 3. The van der Waals surface area contributed by atoms with Crippen molar-refractivity contribution < 1.29 is 4.79 Å². The number of nitrogens with one attached hydrogen (secondary N) is 1. The molecule has 0 aromatic heterocycles. The van der Waals surface area contributed by atoms with Crippen molar-refractivity contribution in [2.24, 2.45) is 0 Å². The second-order valence-corrected chi connectivity index (χ2v) is 5.74. The van der Waals surface area contributed by atoms with Crippen LogP contribution in [0.4, 0.5) is 5.69 Å². The maximum Gasteiger partial charge on any atom is 0.271 e. The smallest absolute Gasteiger partial charge is 0.271 e. The minimum absolute atomic E-state index is 0.236. The molecule has 0 radical (unpaired) electrons. The monoisotopic (exact) mass is 336 g/mol. The van der Waals surface area contributed by atoms with Crippen LogP contribution >= 0.6 is 11.6 Å². The van der Waals surface area contributed by atoms with E-state index in [-0.39, 0.29) is 5.91 Å². The van der Waals surface area contributed by atoms with E-state index < -0.39 is 0 Å². The lowest BCUT2D eigenvalue weighted by Crippen LogP contribution is -2.42. The summed E-state index contributed by atoms with van der Waals surface area (Å²) in [4.78, 5) is 12.6. The molecule has 0 saturated heterocycles. The van der Waals surface area contributed by atoms with Gasteiger partial charge in [-0.2, -0.15) is 0 Å². The molecule has 0 spiro atoms. The van der Waals surface area contributed by atoms with E-state index in [1.807, 2.05) is 65.7 Å². The number of halogens is 1. The van der Waals surface area contributed by atoms with Crippen molar-refractivity contribution >= 4 is 23.2 Å². The maximum atomic E-state index is 12.6.